The van der Waals surface area contributed by atoms with Crippen molar-refractivity contribution in [2.45, 2.75) is 26.9 Å². The van der Waals surface area contributed by atoms with Crippen LogP contribution < -0.4 is 5.32 Å². The lowest BCUT2D eigenvalue weighted by Gasteiger charge is -2.06. The first-order valence-corrected chi connectivity index (χ1v) is 9.71. The van der Waals surface area contributed by atoms with Crippen molar-refractivity contribution in [2.75, 3.05) is 0 Å². The summed E-state index contributed by atoms with van der Waals surface area (Å²) in [5, 5.41) is 7.44. The highest BCUT2D eigenvalue weighted by molar-refractivity contribution is 9.10. The molecule has 0 bridgehead atoms. The van der Waals surface area contributed by atoms with Gasteiger partial charge in [0.15, 0.2) is 0 Å². The Labute approximate surface area is 172 Å². The first-order chi connectivity index (χ1) is 13.4. The molecule has 0 aliphatic rings. The Morgan fingerprint density at radius 2 is 1.96 bits per heavy atom. The van der Waals surface area contributed by atoms with Crippen molar-refractivity contribution in [3.63, 3.8) is 0 Å². The van der Waals surface area contributed by atoms with Crippen LogP contribution in [0.25, 0.3) is 6.08 Å². The molecule has 0 spiro atoms. The third kappa shape index (κ3) is 4.95. The van der Waals surface area contributed by atoms with Gasteiger partial charge in [-0.05, 0) is 43.7 Å². The van der Waals surface area contributed by atoms with E-state index in [1.165, 1.54) is 23.8 Å². The summed E-state index contributed by atoms with van der Waals surface area (Å²) >= 11 is 3.30. The van der Waals surface area contributed by atoms with E-state index in [0.717, 1.165) is 21.4 Å². The number of benzene rings is 2. The number of amides is 1. The highest BCUT2D eigenvalue weighted by atomic mass is 79.9. The Morgan fingerprint density at radius 1 is 1.21 bits per heavy atom. The lowest BCUT2D eigenvalue weighted by Crippen LogP contribution is -2.21. The molecule has 0 aliphatic carbocycles. The molecule has 6 heteroatoms. The van der Waals surface area contributed by atoms with E-state index in [-0.39, 0.29) is 11.7 Å². The molecule has 1 amide bonds. The average molecular weight is 442 g/mol. The van der Waals surface area contributed by atoms with Crippen molar-refractivity contribution in [3.05, 3.63) is 93.0 Å². The van der Waals surface area contributed by atoms with Crippen LogP contribution in [0.1, 0.15) is 28.1 Å². The zero-order chi connectivity index (χ0) is 20.1. The maximum Gasteiger partial charge on any atom is 0.244 e. The second-order valence-electron chi connectivity index (χ2n) is 6.51. The molecule has 144 valence electrons. The van der Waals surface area contributed by atoms with E-state index in [2.05, 4.69) is 38.5 Å². The van der Waals surface area contributed by atoms with Crippen LogP contribution in [0, 0.1) is 19.7 Å². The molecular formula is C22H21BrFN3O. The highest BCUT2D eigenvalue weighted by Gasteiger charge is 2.12. The summed E-state index contributed by atoms with van der Waals surface area (Å²) in [6, 6.07) is 14.7. The van der Waals surface area contributed by atoms with Crippen molar-refractivity contribution >= 4 is 27.9 Å². The predicted molar refractivity (Wildman–Crippen MR) is 112 cm³/mol. The molecule has 0 fully saturated rings. The molecule has 0 unspecified atom stereocenters. The monoisotopic (exact) mass is 441 g/mol. The fraction of sp³-hybridized carbons (Fsp3) is 0.182. The van der Waals surface area contributed by atoms with Crippen molar-refractivity contribution in [1.29, 1.82) is 0 Å². The SMILES string of the molecule is Cc1nn(Cc2ccccc2)c(C)c1CNC(=O)/C=C/c1cc(Br)ccc1F. The quantitative estimate of drug-likeness (QED) is 0.559. The van der Waals surface area contributed by atoms with E-state index in [1.54, 1.807) is 12.1 Å². The molecule has 0 saturated carbocycles. The number of nitrogens with one attached hydrogen (secondary N) is 1. The van der Waals surface area contributed by atoms with Gasteiger partial charge >= 0.3 is 0 Å². The number of nitrogens with zero attached hydrogens (tertiary/aromatic N) is 2. The lowest BCUT2D eigenvalue weighted by atomic mass is 10.2. The maximum absolute atomic E-state index is 13.7. The average Bonchev–Trinajstić information content (AvgIpc) is 2.94. The zero-order valence-corrected chi connectivity index (χ0v) is 17.3. The third-order valence-corrected chi connectivity index (χ3v) is 5.01. The van der Waals surface area contributed by atoms with Gasteiger partial charge in [-0.1, -0.05) is 46.3 Å². The van der Waals surface area contributed by atoms with Crippen LogP contribution in [0.4, 0.5) is 4.39 Å². The fourth-order valence-corrected chi connectivity index (χ4v) is 3.32. The minimum Gasteiger partial charge on any atom is -0.348 e. The van der Waals surface area contributed by atoms with Gasteiger partial charge in [-0.25, -0.2) is 4.39 Å². The van der Waals surface area contributed by atoms with Gasteiger partial charge in [-0.3, -0.25) is 9.48 Å². The molecule has 0 saturated heterocycles. The van der Waals surface area contributed by atoms with Gasteiger partial charge in [0.1, 0.15) is 5.82 Å². The molecule has 2 aromatic carbocycles. The molecule has 1 aromatic heterocycles. The van der Waals surface area contributed by atoms with Crippen LogP contribution >= 0.6 is 15.9 Å². The lowest BCUT2D eigenvalue weighted by molar-refractivity contribution is -0.116. The Hall–Kier alpha value is -2.73. The normalized spacial score (nSPS) is 11.1. The molecule has 1 heterocycles. The summed E-state index contributed by atoms with van der Waals surface area (Å²) in [7, 11) is 0. The van der Waals surface area contributed by atoms with Crippen LogP contribution in [-0.4, -0.2) is 15.7 Å². The fourth-order valence-electron chi connectivity index (χ4n) is 2.94. The molecule has 0 radical (unpaired) electrons. The van der Waals surface area contributed by atoms with Crippen LogP contribution in [-0.2, 0) is 17.9 Å². The van der Waals surface area contributed by atoms with E-state index in [4.69, 9.17) is 0 Å². The van der Waals surface area contributed by atoms with Crippen molar-refractivity contribution in [2.24, 2.45) is 0 Å². The topological polar surface area (TPSA) is 46.9 Å². The number of hydrogen-bond acceptors (Lipinski definition) is 2. The summed E-state index contributed by atoms with van der Waals surface area (Å²) in [5.41, 5.74) is 4.42. The van der Waals surface area contributed by atoms with Gasteiger partial charge in [-0.2, -0.15) is 5.10 Å². The summed E-state index contributed by atoms with van der Waals surface area (Å²) < 4.78 is 16.4. The van der Waals surface area contributed by atoms with Gasteiger partial charge in [0.05, 0.1) is 12.2 Å². The number of carbonyl (C=O) groups is 1. The van der Waals surface area contributed by atoms with Gasteiger partial charge in [0.2, 0.25) is 5.91 Å². The standard InChI is InChI=1S/C22H21BrFN3O/c1-15-20(16(2)27(26-15)14-17-6-4-3-5-7-17)13-25-22(28)11-8-18-12-19(23)9-10-21(18)24/h3-12H,13-14H2,1-2H3,(H,25,28)/b11-8+. The van der Waals surface area contributed by atoms with E-state index in [9.17, 15) is 9.18 Å². The van der Waals surface area contributed by atoms with E-state index >= 15 is 0 Å². The van der Waals surface area contributed by atoms with Crippen molar-refractivity contribution < 1.29 is 9.18 Å². The molecule has 28 heavy (non-hydrogen) atoms. The predicted octanol–water partition coefficient (Wildman–Crippen LogP) is 4.78. The summed E-state index contributed by atoms with van der Waals surface area (Å²) in [5.74, 6) is -0.657. The number of halogens is 2. The smallest absolute Gasteiger partial charge is 0.244 e. The van der Waals surface area contributed by atoms with Crippen molar-refractivity contribution in [1.82, 2.24) is 15.1 Å². The Balaban J connectivity index is 1.65. The highest BCUT2D eigenvalue weighted by Crippen LogP contribution is 2.17. The van der Waals surface area contributed by atoms with Crippen molar-refractivity contribution in [3.8, 4) is 0 Å². The first-order valence-electron chi connectivity index (χ1n) is 8.92. The first kappa shape index (κ1) is 20.0. The zero-order valence-electron chi connectivity index (χ0n) is 15.7. The van der Waals surface area contributed by atoms with Gasteiger partial charge in [0.25, 0.3) is 0 Å². The van der Waals surface area contributed by atoms with E-state index < -0.39 is 0 Å². The molecule has 1 N–H and O–H groups in total. The molecule has 0 aliphatic heterocycles. The minimum absolute atomic E-state index is 0.283. The molecule has 3 aromatic rings. The second-order valence-corrected chi connectivity index (χ2v) is 7.43. The van der Waals surface area contributed by atoms with Crippen LogP contribution in [0.3, 0.4) is 0 Å². The number of aryl methyl sites for hydroxylation is 1. The number of aromatic nitrogens is 2. The summed E-state index contributed by atoms with van der Waals surface area (Å²) in [6.07, 6.45) is 2.80. The second kappa shape index (κ2) is 8.97. The number of hydrogen-bond donors (Lipinski definition) is 1. The summed E-state index contributed by atoms with van der Waals surface area (Å²) in [4.78, 5) is 12.1. The molecule has 0 atom stereocenters. The third-order valence-electron chi connectivity index (χ3n) is 4.52. The number of rotatable bonds is 6. The Kier molecular flexibility index (Phi) is 6.41. The molecular weight excluding hydrogens is 421 g/mol. The van der Waals surface area contributed by atoms with Gasteiger partial charge in [0, 0.05) is 33.9 Å². The van der Waals surface area contributed by atoms with E-state index in [0.29, 0.717) is 18.7 Å². The van der Waals surface area contributed by atoms with Gasteiger partial charge < -0.3 is 5.32 Å². The molecule has 3 rings (SSSR count). The Bertz CT molecular complexity index is 1010. The van der Waals surface area contributed by atoms with Crippen LogP contribution in [0.15, 0.2) is 59.1 Å². The van der Waals surface area contributed by atoms with E-state index in [1.807, 2.05) is 36.7 Å². The van der Waals surface area contributed by atoms with Crippen LogP contribution in [0.5, 0.6) is 0 Å². The summed E-state index contributed by atoms with van der Waals surface area (Å²) in [6.45, 7) is 4.99. The molecule has 4 nitrogen and oxygen atoms in total. The largest absolute Gasteiger partial charge is 0.348 e. The number of carbonyl (C=O) groups excluding carboxylic acids is 1. The maximum atomic E-state index is 13.7. The Morgan fingerprint density at radius 3 is 2.71 bits per heavy atom. The van der Waals surface area contributed by atoms with Gasteiger partial charge in [-0.15, -0.1) is 0 Å². The van der Waals surface area contributed by atoms with Crippen LogP contribution in [0.2, 0.25) is 0 Å². The minimum atomic E-state index is -0.374.